The molecule has 0 amide bonds. The molecule has 2 atom stereocenters. The van der Waals surface area contributed by atoms with Gasteiger partial charge in [0.2, 0.25) is 0 Å². The van der Waals surface area contributed by atoms with Crippen LogP contribution in [0, 0.1) is 11.8 Å². The van der Waals surface area contributed by atoms with Crippen LogP contribution in [0.2, 0.25) is 0 Å². The van der Waals surface area contributed by atoms with Gasteiger partial charge in [-0.2, -0.15) is 0 Å². The van der Waals surface area contributed by atoms with Gasteiger partial charge in [-0.15, -0.1) is 0 Å². The predicted molar refractivity (Wildman–Crippen MR) is 78.5 cm³/mol. The summed E-state index contributed by atoms with van der Waals surface area (Å²) in [5.41, 5.74) is 0. The topological polar surface area (TPSA) is 41.6 Å². The molecule has 2 unspecified atom stereocenters. The van der Waals surface area contributed by atoms with E-state index in [9.17, 15) is 4.79 Å². The smallest absolute Gasteiger partial charge is 0.310 e. The van der Waals surface area contributed by atoms with Gasteiger partial charge in [0, 0.05) is 25.2 Å². The molecule has 0 aromatic heterocycles. The van der Waals surface area contributed by atoms with Crippen molar-refractivity contribution in [2.45, 2.75) is 57.0 Å². The molecule has 20 heavy (non-hydrogen) atoms. The van der Waals surface area contributed by atoms with Gasteiger partial charge in [-0.25, -0.2) is 0 Å². The maximum Gasteiger partial charge on any atom is 0.310 e. The number of esters is 1. The van der Waals surface area contributed by atoms with Gasteiger partial charge in [0.1, 0.15) is 0 Å². The van der Waals surface area contributed by atoms with Crippen LogP contribution in [-0.4, -0.2) is 49.7 Å². The highest BCUT2D eigenvalue weighted by Gasteiger charge is 2.36. The summed E-state index contributed by atoms with van der Waals surface area (Å²) in [4.78, 5) is 14.5. The van der Waals surface area contributed by atoms with Crippen LogP contribution in [0.15, 0.2) is 0 Å². The number of nitrogens with zero attached hydrogens (tertiary/aromatic N) is 1. The molecule has 2 aliphatic carbocycles. The van der Waals surface area contributed by atoms with Gasteiger partial charge in [-0.1, -0.05) is 12.8 Å². The summed E-state index contributed by atoms with van der Waals surface area (Å²) in [5.74, 6) is 0.936. The van der Waals surface area contributed by atoms with E-state index in [2.05, 4.69) is 10.2 Å². The van der Waals surface area contributed by atoms with Crippen molar-refractivity contribution in [1.29, 1.82) is 0 Å². The van der Waals surface area contributed by atoms with Crippen molar-refractivity contribution in [3.8, 4) is 0 Å². The largest absolute Gasteiger partial charge is 0.469 e. The molecule has 1 saturated heterocycles. The number of likely N-dealkylation sites (tertiary alicyclic amines) is 1. The number of ether oxygens (including phenoxy) is 1. The first-order chi connectivity index (χ1) is 9.76. The monoisotopic (exact) mass is 280 g/mol. The van der Waals surface area contributed by atoms with Gasteiger partial charge in [-0.05, 0) is 44.6 Å². The van der Waals surface area contributed by atoms with E-state index < -0.39 is 0 Å². The van der Waals surface area contributed by atoms with Gasteiger partial charge in [-0.3, -0.25) is 9.69 Å². The third kappa shape index (κ3) is 3.53. The van der Waals surface area contributed by atoms with Crippen molar-refractivity contribution in [3.63, 3.8) is 0 Å². The highest BCUT2D eigenvalue weighted by atomic mass is 16.5. The van der Waals surface area contributed by atoms with Crippen molar-refractivity contribution in [3.05, 3.63) is 0 Å². The summed E-state index contributed by atoms with van der Waals surface area (Å²) in [6.45, 7) is 3.15. The molecular formula is C16H28N2O2. The second-order valence-electron chi connectivity index (χ2n) is 6.90. The summed E-state index contributed by atoms with van der Waals surface area (Å²) >= 11 is 0. The van der Waals surface area contributed by atoms with Gasteiger partial charge in [0.05, 0.1) is 13.0 Å². The van der Waals surface area contributed by atoms with E-state index in [1.165, 1.54) is 45.6 Å². The summed E-state index contributed by atoms with van der Waals surface area (Å²) in [6.07, 6.45) is 9.03. The van der Waals surface area contributed by atoms with Gasteiger partial charge < -0.3 is 10.1 Å². The van der Waals surface area contributed by atoms with E-state index >= 15 is 0 Å². The van der Waals surface area contributed by atoms with Crippen LogP contribution in [-0.2, 0) is 9.53 Å². The number of carbonyl (C=O) groups is 1. The van der Waals surface area contributed by atoms with E-state index in [1.807, 2.05) is 0 Å². The quantitative estimate of drug-likeness (QED) is 0.780. The first-order valence-corrected chi connectivity index (χ1v) is 8.31. The fourth-order valence-electron chi connectivity index (χ4n) is 3.84. The highest BCUT2D eigenvalue weighted by Crippen LogP contribution is 2.30. The van der Waals surface area contributed by atoms with Crippen molar-refractivity contribution < 1.29 is 9.53 Å². The molecule has 3 aliphatic rings. The van der Waals surface area contributed by atoms with Crippen LogP contribution in [0.1, 0.15) is 44.9 Å². The number of piperidine rings is 1. The maximum atomic E-state index is 11.9. The number of hydrogen-bond acceptors (Lipinski definition) is 4. The first kappa shape index (κ1) is 14.3. The molecule has 0 aromatic rings. The van der Waals surface area contributed by atoms with E-state index in [1.54, 1.807) is 0 Å². The molecule has 0 aromatic carbocycles. The molecule has 0 radical (unpaired) electrons. The molecule has 114 valence electrons. The highest BCUT2D eigenvalue weighted by molar-refractivity contribution is 5.72. The summed E-state index contributed by atoms with van der Waals surface area (Å²) < 4.78 is 4.99. The number of hydrogen-bond donors (Lipinski definition) is 1. The molecule has 3 fully saturated rings. The van der Waals surface area contributed by atoms with Crippen molar-refractivity contribution >= 4 is 5.97 Å². The minimum atomic E-state index is -0.0223. The minimum absolute atomic E-state index is 0.0223. The number of carbonyl (C=O) groups excluding carboxylic acids is 1. The lowest BCUT2D eigenvalue weighted by Crippen LogP contribution is -2.54. The molecule has 0 bridgehead atoms. The number of nitrogens with one attached hydrogen (secondary N) is 1. The number of methoxy groups -OCH3 is 1. The molecule has 1 heterocycles. The third-order valence-corrected chi connectivity index (χ3v) is 5.25. The zero-order valence-electron chi connectivity index (χ0n) is 12.6. The molecule has 4 heteroatoms. The Morgan fingerprint density at radius 2 is 1.95 bits per heavy atom. The first-order valence-electron chi connectivity index (χ1n) is 8.31. The Balaban J connectivity index is 1.59. The van der Waals surface area contributed by atoms with Crippen molar-refractivity contribution in [2.24, 2.45) is 11.8 Å². The van der Waals surface area contributed by atoms with Crippen molar-refractivity contribution in [1.82, 2.24) is 10.2 Å². The van der Waals surface area contributed by atoms with Gasteiger partial charge in [0.15, 0.2) is 0 Å². The summed E-state index contributed by atoms with van der Waals surface area (Å²) in [7, 11) is 1.52. The lowest BCUT2D eigenvalue weighted by atomic mass is 9.92. The van der Waals surface area contributed by atoms with Crippen LogP contribution in [0.25, 0.3) is 0 Å². The minimum Gasteiger partial charge on any atom is -0.469 e. The third-order valence-electron chi connectivity index (χ3n) is 5.25. The second kappa shape index (κ2) is 6.44. The second-order valence-corrected chi connectivity index (χ2v) is 6.90. The molecule has 1 aliphatic heterocycles. The Kier molecular flexibility index (Phi) is 4.61. The molecule has 1 N–H and O–H groups in total. The number of rotatable bonds is 5. The molecule has 3 rings (SSSR count). The van der Waals surface area contributed by atoms with Gasteiger partial charge in [0.25, 0.3) is 0 Å². The lowest BCUT2D eigenvalue weighted by molar-refractivity contribution is -0.148. The van der Waals surface area contributed by atoms with Gasteiger partial charge >= 0.3 is 5.97 Å². The zero-order valence-corrected chi connectivity index (χ0v) is 12.6. The van der Waals surface area contributed by atoms with Crippen LogP contribution >= 0.6 is 0 Å². The van der Waals surface area contributed by atoms with E-state index in [-0.39, 0.29) is 11.9 Å². The molecule has 2 saturated carbocycles. The molecule has 4 nitrogen and oxygen atoms in total. The summed E-state index contributed by atoms with van der Waals surface area (Å²) in [5, 5.41) is 3.70. The van der Waals surface area contributed by atoms with Crippen LogP contribution in [0.5, 0.6) is 0 Å². The molecule has 0 spiro atoms. The fraction of sp³-hybridized carbons (Fsp3) is 0.938. The SMILES string of the molecule is COC(=O)C1CC(NCC2CC2)CN(C2CCCC2)C1. The Morgan fingerprint density at radius 1 is 1.20 bits per heavy atom. The van der Waals surface area contributed by atoms with Crippen LogP contribution in [0.3, 0.4) is 0 Å². The van der Waals surface area contributed by atoms with Crippen LogP contribution < -0.4 is 5.32 Å². The Hall–Kier alpha value is -0.610. The predicted octanol–water partition coefficient (Wildman–Crippen LogP) is 1.79. The average Bonchev–Trinajstić information content (AvgIpc) is 3.15. The Labute approximate surface area is 122 Å². The van der Waals surface area contributed by atoms with Crippen molar-refractivity contribution in [2.75, 3.05) is 26.7 Å². The van der Waals surface area contributed by atoms with E-state index in [4.69, 9.17) is 4.74 Å². The maximum absolute atomic E-state index is 11.9. The lowest BCUT2D eigenvalue weighted by Gasteiger charge is -2.40. The fourth-order valence-corrected chi connectivity index (χ4v) is 3.84. The molecular weight excluding hydrogens is 252 g/mol. The Bertz CT molecular complexity index is 337. The summed E-state index contributed by atoms with van der Waals surface area (Å²) in [6, 6.07) is 1.17. The standard InChI is InChI=1S/C16H28N2O2/c1-20-16(19)13-8-14(17-9-12-6-7-12)11-18(10-13)15-4-2-3-5-15/h12-15,17H,2-11H2,1H3. The Morgan fingerprint density at radius 3 is 2.60 bits per heavy atom. The zero-order chi connectivity index (χ0) is 13.9. The van der Waals surface area contributed by atoms with E-state index in [0.29, 0.717) is 12.1 Å². The van der Waals surface area contributed by atoms with Crippen LogP contribution in [0.4, 0.5) is 0 Å². The van der Waals surface area contributed by atoms with E-state index in [0.717, 1.165) is 32.0 Å². The average molecular weight is 280 g/mol. The normalized spacial score (nSPS) is 32.5.